The second-order valence-electron chi connectivity index (χ2n) is 3.06. The fourth-order valence-corrected chi connectivity index (χ4v) is 1.17. The minimum absolute atomic E-state index is 0.0187. The first-order valence-corrected chi connectivity index (χ1v) is 5.93. The van der Waals surface area contributed by atoms with Crippen LogP contribution in [0.3, 0.4) is 0 Å². The van der Waals surface area contributed by atoms with Gasteiger partial charge in [-0.1, -0.05) is 0 Å². The Morgan fingerprint density at radius 2 is 2.23 bits per heavy atom. The molecule has 0 aliphatic rings. The molecule has 0 saturated carbocycles. The summed E-state index contributed by atoms with van der Waals surface area (Å²) in [6.07, 6.45) is 3.20. The van der Waals surface area contributed by atoms with Gasteiger partial charge in [-0.25, -0.2) is 0 Å². The molecule has 0 saturated heterocycles. The molecule has 0 aliphatic carbocycles. The van der Waals surface area contributed by atoms with Gasteiger partial charge >= 0.3 is 0 Å². The Hall–Kier alpha value is -0.220. The Bertz CT molecular complexity index is 140. The van der Waals surface area contributed by atoms with Gasteiger partial charge < -0.3 is 10.1 Å². The Balaban J connectivity index is 3.20. The average molecular weight is 205 g/mol. The Morgan fingerprint density at radius 1 is 1.54 bits per heavy atom. The molecular formula is C9H19NO2S. The lowest BCUT2D eigenvalue weighted by Crippen LogP contribution is -2.29. The lowest BCUT2D eigenvalue weighted by molar-refractivity contribution is -0.127. The number of carbonyl (C=O) groups is 1. The number of carbonyl (C=O) groups excluding carboxylic acids is 1. The van der Waals surface area contributed by atoms with Crippen LogP contribution < -0.4 is 5.32 Å². The van der Waals surface area contributed by atoms with Crippen LogP contribution in [0, 0.1) is 0 Å². The molecule has 0 unspecified atom stereocenters. The SMILES string of the molecule is CSCCCNC(=O)COC(C)C. The van der Waals surface area contributed by atoms with Gasteiger partial charge in [0.05, 0.1) is 6.10 Å². The van der Waals surface area contributed by atoms with Crippen molar-refractivity contribution in [3.05, 3.63) is 0 Å². The maximum Gasteiger partial charge on any atom is 0.246 e. The van der Waals surface area contributed by atoms with Crippen molar-refractivity contribution in [3.63, 3.8) is 0 Å². The number of hydrogen-bond acceptors (Lipinski definition) is 3. The summed E-state index contributed by atoms with van der Waals surface area (Å²) in [7, 11) is 0. The number of thioether (sulfide) groups is 1. The molecule has 1 amide bonds. The van der Waals surface area contributed by atoms with Gasteiger partial charge in [0.1, 0.15) is 6.61 Å². The summed E-state index contributed by atoms with van der Waals surface area (Å²) in [6.45, 7) is 4.76. The molecule has 0 spiro atoms. The van der Waals surface area contributed by atoms with Crippen molar-refractivity contribution < 1.29 is 9.53 Å². The lowest BCUT2D eigenvalue weighted by atomic mass is 10.4. The van der Waals surface area contributed by atoms with Crippen molar-refractivity contribution in [1.29, 1.82) is 0 Å². The van der Waals surface area contributed by atoms with Gasteiger partial charge in [0, 0.05) is 6.54 Å². The Labute approximate surface area is 84.6 Å². The Morgan fingerprint density at radius 3 is 2.77 bits per heavy atom. The van der Waals surface area contributed by atoms with Crippen molar-refractivity contribution in [1.82, 2.24) is 5.32 Å². The number of amides is 1. The summed E-state index contributed by atoms with van der Waals surface area (Å²) < 4.78 is 5.14. The third-order valence-corrected chi connectivity index (χ3v) is 2.09. The molecule has 0 rings (SSSR count). The van der Waals surface area contributed by atoms with E-state index in [2.05, 4.69) is 11.6 Å². The first-order chi connectivity index (χ1) is 6.16. The number of nitrogens with one attached hydrogen (secondary N) is 1. The molecule has 3 nitrogen and oxygen atoms in total. The molecule has 13 heavy (non-hydrogen) atoms. The monoisotopic (exact) mass is 205 g/mol. The molecule has 1 N–H and O–H groups in total. The molecule has 0 aromatic rings. The third-order valence-electron chi connectivity index (χ3n) is 1.40. The molecule has 0 aromatic carbocycles. The smallest absolute Gasteiger partial charge is 0.246 e. The van der Waals surface area contributed by atoms with E-state index < -0.39 is 0 Å². The normalized spacial score (nSPS) is 10.5. The van der Waals surface area contributed by atoms with Crippen LogP contribution in [0.25, 0.3) is 0 Å². The van der Waals surface area contributed by atoms with E-state index in [0.29, 0.717) is 0 Å². The molecule has 0 bridgehead atoms. The zero-order chi connectivity index (χ0) is 10.1. The first kappa shape index (κ1) is 12.8. The Kier molecular flexibility index (Phi) is 8.24. The number of ether oxygens (including phenoxy) is 1. The first-order valence-electron chi connectivity index (χ1n) is 4.54. The molecular weight excluding hydrogens is 186 g/mol. The summed E-state index contributed by atoms with van der Waals surface area (Å²) in [4.78, 5) is 11.1. The van der Waals surface area contributed by atoms with Crippen LogP contribution in [0.5, 0.6) is 0 Å². The minimum atomic E-state index is -0.0187. The van der Waals surface area contributed by atoms with Gasteiger partial charge in [-0.15, -0.1) is 0 Å². The maximum atomic E-state index is 11.1. The van der Waals surface area contributed by atoms with Crippen molar-refractivity contribution in [2.45, 2.75) is 26.4 Å². The topological polar surface area (TPSA) is 38.3 Å². The van der Waals surface area contributed by atoms with E-state index in [1.807, 2.05) is 13.8 Å². The van der Waals surface area contributed by atoms with Crippen LogP contribution >= 0.6 is 11.8 Å². The molecule has 0 atom stereocenters. The molecule has 78 valence electrons. The predicted molar refractivity (Wildman–Crippen MR) is 57.1 cm³/mol. The highest BCUT2D eigenvalue weighted by Gasteiger charge is 2.01. The van der Waals surface area contributed by atoms with E-state index in [0.717, 1.165) is 18.7 Å². The van der Waals surface area contributed by atoms with Crippen LogP contribution in [0.4, 0.5) is 0 Å². The molecule has 0 fully saturated rings. The van der Waals surface area contributed by atoms with Crippen LogP contribution in [-0.2, 0) is 9.53 Å². The predicted octanol–water partition coefficient (Wildman–Crippen LogP) is 1.28. The summed E-state index contributed by atoms with van der Waals surface area (Å²) in [5, 5.41) is 2.80. The second-order valence-corrected chi connectivity index (χ2v) is 4.04. The molecule has 0 aliphatic heterocycles. The van der Waals surface area contributed by atoms with Crippen LogP contribution in [-0.4, -0.2) is 37.2 Å². The van der Waals surface area contributed by atoms with Gasteiger partial charge in [-0.2, -0.15) is 11.8 Å². The standard InChI is InChI=1S/C9H19NO2S/c1-8(2)12-7-9(11)10-5-4-6-13-3/h8H,4-7H2,1-3H3,(H,10,11). The van der Waals surface area contributed by atoms with Crippen molar-refractivity contribution >= 4 is 17.7 Å². The van der Waals surface area contributed by atoms with Crippen molar-refractivity contribution in [3.8, 4) is 0 Å². The zero-order valence-corrected chi connectivity index (χ0v) is 9.45. The summed E-state index contributed by atoms with van der Waals surface area (Å²) in [6, 6.07) is 0. The molecule has 0 heterocycles. The molecule has 0 aromatic heterocycles. The average Bonchev–Trinajstić information content (AvgIpc) is 2.09. The maximum absolute atomic E-state index is 11.1. The highest BCUT2D eigenvalue weighted by atomic mass is 32.2. The van der Waals surface area contributed by atoms with Gasteiger partial charge in [-0.05, 0) is 32.3 Å². The van der Waals surface area contributed by atoms with E-state index >= 15 is 0 Å². The summed E-state index contributed by atoms with van der Waals surface area (Å²) in [5.74, 6) is 1.07. The van der Waals surface area contributed by atoms with Gasteiger partial charge in [0.25, 0.3) is 0 Å². The fourth-order valence-electron chi connectivity index (χ4n) is 0.738. The largest absolute Gasteiger partial charge is 0.369 e. The van der Waals surface area contributed by atoms with Crippen LogP contribution in [0.2, 0.25) is 0 Å². The number of rotatable bonds is 7. The second kappa shape index (κ2) is 8.38. The zero-order valence-electron chi connectivity index (χ0n) is 8.63. The minimum Gasteiger partial charge on any atom is -0.369 e. The van der Waals surface area contributed by atoms with E-state index in [1.165, 1.54) is 0 Å². The fraction of sp³-hybridized carbons (Fsp3) is 0.889. The third kappa shape index (κ3) is 9.70. The summed E-state index contributed by atoms with van der Waals surface area (Å²) >= 11 is 1.79. The number of hydrogen-bond donors (Lipinski definition) is 1. The quantitative estimate of drug-likeness (QED) is 0.636. The lowest BCUT2D eigenvalue weighted by Gasteiger charge is -2.07. The summed E-state index contributed by atoms with van der Waals surface area (Å²) in [5.41, 5.74) is 0. The van der Waals surface area contributed by atoms with Crippen molar-refractivity contribution in [2.75, 3.05) is 25.2 Å². The van der Waals surface area contributed by atoms with Gasteiger partial charge in [0.2, 0.25) is 5.91 Å². The van der Waals surface area contributed by atoms with Crippen LogP contribution in [0.1, 0.15) is 20.3 Å². The van der Waals surface area contributed by atoms with E-state index in [9.17, 15) is 4.79 Å². The highest BCUT2D eigenvalue weighted by molar-refractivity contribution is 7.98. The van der Waals surface area contributed by atoms with Gasteiger partial charge in [-0.3, -0.25) is 4.79 Å². The van der Waals surface area contributed by atoms with Gasteiger partial charge in [0.15, 0.2) is 0 Å². The highest BCUT2D eigenvalue weighted by Crippen LogP contribution is 1.93. The van der Waals surface area contributed by atoms with Crippen LogP contribution in [0.15, 0.2) is 0 Å². The molecule has 4 heteroatoms. The van der Waals surface area contributed by atoms with E-state index in [-0.39, 0.29) is 18.6 Å². The van der Waals surface area contributed by atoms with E-state index in [4.69, 9.17) is 4.74 Å². The van der Waals surface area contributed by atoms with Crippen molar-refractivity contribution in [2.24, 2.45) is 0 Å². The molecule has 0 radical (unpaired) electrons. The van der Waals surface area contributed by atoms with E-state index in [1.54, 1.807) is 11.8 Å².